The van der Waals surface area contributed by atoms with Crippen molar-refractivity contribution < 1.29 is 4.79 Å². The predicted molar refractivity (Wildman–Crippen MR) is 81.3 cm³/mol. The molecule has 0 N–H and O–H groups in total. The van der Waals surface area contributed by atoms with E-state index in [1.54, 1.807) is 6.92 Å². The number of rotatable bonds is 2. The second kappa shape index (κ2) is 5.85. The lowest BCUT2D eigenvalue weighted by Gasteiger charge is -2.36. The molecule has 1 atom stereocenters. The normalized spacial score (nSPS) is 21.5. The first-order valence-electron chi connectivity index (χ1n) is 7.90. The molecule has 1 aromatic rings. The molecule has 0 amide bonds. The van der Waals surface area contributed by atoms with Crippen molar-refractivity contribution in [1.82, 2.24) is 4.98 Å². The molecule has 1 saturated heterocycles. The molecular formula is C17H21N3O. The van der Waals surface area contributed by atoms with Crippen LogP contribution in [0.4, 0.5) is 5.82 Å². The summed E-state index contributed by atoms with van der Waals surface area (Å²) in [5.74, 6) is 0.913. The van der Waals surface area contributed by atoms with Crippen molar-refractivity contribution in [3.05, 3.63) is 22.9 Å². The van der Waals surface area contributed by atoms with E-state index in [2.05, 4.69) is 11.0 Å². The number of aryl methyl sites for hydroxylation is 2. The quantitative estimate of drug-likeness (QED) is 0.837. The zero-order valence-corrected chi connectivity index (χ0v) is 12.6. The number of ketones is 1. The van der Waals surface area contributed by atoms with Crippen LogP contribution in [0, 0.1) is 11.3 Å². The maximum Gasteiger partial charge on any atom is 0.152 e. The molecule has 0 radical (unpaired) electrons. The Labute approximate surface area is 125 Å². The number of piperidine rings is 1. The van der Waals surface area contributed by atoms with Crippen molar-refractivity contribution >= 4 is 11.6 Å². The lowest BCUT2D eigenvalue weighted by Crippen LogP contribution is -2.45. The topological polar surface area (TPSA) is 57.0 Å². The summed E-state index contributed by atoms with van der Waals surface area (Å²) in [6.07, 6.45) is 7.38. The third-order valence-electron chi connectivity index (χ3n) is 4.65. The molecule has 0 aromatic carbocycles. The number of fused-ring (bicyclic) bond motifs is 1. The molecule has 1 aromatic heterocycles. The lowest BCUT2D eigenvalue weighted by molar-refractivity contribution is -0.118. The summed E-state index contributed by atoms with van der Waals surface area (Å²) in [6.45, 7) is 2.47. The Morgan fingerprint density at radius 2 is 2.14 bits per heavy atom. The molecule has 2 aliphatic rings. The van der Waals surface area contributed by atoms with E-state index in [0.29, 0.717) is 5.56 Å². The minimum atomic E-state index is -0.111. The number of hydrogen-bond acceptors (Lipinski definition) is 4. The summed E-state index contributed by atoms with van der Waals surface area (Å²) < 4.78 is 0. The molecule has 0 saturated carbocycles. The fourth-order valence-electron chi connectivity index (χ4n) is 3.53. The first-order chi connectivity index (χ1) is 10.2. The van der Waals surface area contributed by atoms with Gasteiger partial charge in [-0.3, -0.25) is 4.79 Å². The van der Waals surface area contributed by atoms with E-state index in [0.717, 1.165) is 50.2 Å². The monoisotopic (exact) mass is 283 g/mol. The zero-order chi connectivity index (χ0) is 14.8. The van der Waals surface area contributed by atoms with Gasteiger partial charge in [0.1, 0.15) is 11.9 Å². The molecule has 2 heterocycles. The largest absolute Gasteiger partial charge is 0.345 e. The standard InChI is InChI=1S/C17H21N3O/c1-12(21)16-8-4-5-9-20(16)17-14(11-18)10-13-6-2-3-7-15(13)19-17/h10,16H,2-9H2,1H3. The van der Waals surface area contributed by atoms with Crippen molar-refractivity contribution in [2.75, 3.05) is 11.4 Å². The van der Waals surface area contributed by atoms with Crippen LogP contribution in [0.5, 0.6) is 0 Å². The summed E-state index contributed by atoms with van der Waals surface area (Å²) in [6, 6.07) is 4.18. The highest BCUT2D eigenvalue weighted by atomic mass is 16.1. The van der Waals surface area contributed by atoms with Gasteiger partial charge in [0.2, 0.25) is 0 Å². The SMILES string of the molecule is CC(=O)C1CCCCN1c1nc2c(cc1C#N)CCCC2. The molecule has 21 heavy (non-hydrogen) atoms. The van der Waals surface area contributed by atoms with Gasteiger partial charge in [-0.25, -0.2) is 4.98 Å². The number of nitrogens with zero attached hydrogens (tertiary/aromatic N) is 3. The van der Waals surface area contributed by atoms with Crippen LogP contribution in [0.3, 0.4) is 0 Å². The molecule has 1 aliphatic carbocycles. The molecule has 0 bridgehead atoms. The summed E-state index contributed by atoms with van der Waals surface area (Å²) in [4.78, 5) is 18.8. The first-order valence-corrected chi connectivity index (χ1v) is 7.90. The molecule has 1 fully saturated rings. The lowest BCUT2D eigenvalue weighted by atomic mass is 9.93. The van der Waals surface area contributed by atoms with Crippen molar-refractivity contribution in [1.29, 1.82) is 5.26 Å². The highest BCUT2D eigenvalue weighted by Crippen LogP contribution is 2.30. The van der Waals surface area contributed by atoms with Crippen molar-refractivity contribution in [3.63, 3.8) is 0 Å². The number of aromatic nitrogens is 1. The highest BCUT2D eigenvalue weighted by Gasteiger charge is 2.29. The number of anilines is 1. The van der Waals surface area contributed by atoms with Crippen LogP contribution in [-0.2, 0) is 17.6 Å². The van der Waals surface area contributed by atoms with E-state index < -0.39 is 0 Å². The average molecular weight is 283 g/mol. The van der Waals surface area contributed by atoms with Crippen molar-refractivity contribution in [2.24, 2.45) is 0 Å². The molecule has 1 aliphatic heterocycles. The fourth-order valence-corrected chi connectivity index (χ4v) is 3.53. The Bertz CT molecular complexity index is 603. The molecule has 0 spiro atoms. The number of Topliss-reactive ketones (excluding diaryl/α,β-unsaturated/α-hetero) is 1. The Hall–Kier alpha value is -1.89. The Kier molecular flexibility index (Phi) is 3.92. The summed E-state index contributed by atoms with van der Waals surface area (Å²) in [5.41, 5.74) is 2.98. The van der Waals surface area contributed by atoms with Crippen LogP contribution >= 0.6 is 0 Å². The Morgan fingerprint density at radius 1 is 1.33 bits per heavy atom. The zero-order valence-electron chi connectivity index (χ0n) is 12.6. The van der Waals surface area contributed by atoms with Crippen LogP contribution in [0.15, 0.2) is 6.07 Å². The van der Waals surface area contributed by atoms with Gasteiger partial charge in [0.05, 0.1) is 11.6 Å². The van der Waals surface area contributed by atoms with Crippen molar-refractivity contribution in [3.8, 4) is 6.07 Å². The number of pyridine rings is 1. The summed E-state index contributed by atoms with van der Waals surface area (Å²) in [7, 11) is 0. The maximum atomic E-state index is 11.9. The van der Waals surface area contributed by atoms with Gasteiger partial charge in [0.25, 0.3) is 0 Å². The second-order valence-electron chi connectivity index (χ2n) is 6.10. The van der Waals surface area contributed by atoms with Crippen molar-refractivity contribution in [2.45, 2.75) is 57.9 Å². The molecule has 3 rings (SSSR count). The molecule has 4 heteroatoms. The van der Waals surface area contributed by atoms with E-state index in [-0.39, 0.29) is 11.8 Å². The Balaban J connectivity index is 2.03. The highest BCUT2D eigenvalue weighted by molar-refractivity contribution is 5.85. The minimum Gasteiger partial charge on any atom is -0.345 e. The number of carbonyl (C=O) groups excluding carboxylic acids is 1. The van der Waals surface area contributed by atoms with Crippen LogP contribution < -0.4 is 4.90 Å². The van der Waals surface area contributed by atoms with Gasteiger partial charge in [-0.2, -0.15) is 5.26 Å². The Morgan fingerprint density at radius 3 is 2.90 bits per heavy atom. The van der Waals surface area contributed by atoms with Gasteiger partial charge < -0.3 is 4.90 Å². The van der Waals surface area contributed by atoms with E-state index >= 15 is 0 Å². The first kappa shape index (κ1) is 14.1. The minimum absolute atomic E-state index is 0.111. The number of hydrogen-bond donors (Lipinski definition) is 0. The van der Waals surface area contributed by atoms with Gasteiger partial charge in [0, 0.05) is 12.2 Å². The number of nitriles is 1. The van der Waals surface area contributed by atoms with Gasteiger partial charge in [-0.1, -0.05) is 0 Å². The third kappa shape index (κ3) is 2.65. The van der Waals surface area contributed by atoms with Gasteiger partial charge >= 0.3 is 0 Å². The van der Waals surface area contributed by atoms with Crippen LogP contribution in [0.1, 0.15) is 55.8 Å². The van der Waals surface area contributed by atoms with Crippen LogP contribution in [-0.4, -0.2) is 23.4 Å². The van der Waals surface area contributed by atoms with Crippen LogP contribution in [0.25, 0.3) is 0 Å². The van der Waals surface area contributed by atoms with E-state index in [4.69, 9.17) is 4.98 Å². The van der Waals surface area contributed by atoms with Gasteiger partial charge in [0.15, 0.2) is 5.78 Å². The van der Waals surface area contributed by atoms with Crippen LogP contribution in [0.2, 0.25) is 0 Å². The van der Waals surface area contributed by atoms with Gasteiger partial charge in [-0.15, -0.1) is 0 Å². The maximum absolute atomic E-state index is 11.9. The smallest absolute Gasteiger partial charge is 0.152 e. The molecule has 4 nitrogen and oxygen atoms in total. The van der Waals surface area contributed by atoms with Gasteiger partial charge in [-0.05, 0) is 63.5 Å². The van der Waals surface area contributed by atoms with E-state index in [9.17, 15) is 10.1 Å². The number of carbonyl (C=O) groups is 1. The fraction of sp³-hybridized carbons (Fsp3) is 0.588. The van der Waals surface area contributed by atoms with E-state index in [1.807, 2.05) is 6.07 Å². The molecule has 110 valence electrons. The summed E-state index contributed by atoms with van der Waals surface area (Å²) in [5, 5.41) is 9.47. The third-order valence-corrected chi connectivity index (χ3v) is 4.65. The van der Waals surface area contributed by atoms with E-state index in [1.165, 1.54) is 18.4 Å². The summed E-state index contributed by atoms with van der Waals surface area (Å²) >= 11 is 0. The molecule has 1 unspecified atom stereocenters. The molecular weight excluding hydrogens is 262 g/mol. The predicted octanol–water partition coefficient (Wildman–Crippen LogP) is 2.78. The second-order valence-corrected chi connectivity index (χ2v) is 6.10. The average Bonchev–Trinajstić information content (AvgIpc) is 2.53.